The number of nitrogens with one attached hydrogen (secondary N) is 1. The van der Waals surface area contributed by atoms with Gasteiger partial charge in [0.05, 0.1) is 0 Å². The maximum atomic E-state index is 11.7. The average Bonchev–Trinajstić information content (AvgIpc) is 3.08. The maximum Gasteiger partial charge on any atom is 0.273 e. The van der Waals surface area contributed by atoms with Gasteiger partial charge in [-0.3, -0.25) is 4.79 Å². The minimum absolute atomic E-state index is 0.130. The Balaban J connectivity index is 1.36. The van der Waals surface area contributed by atoms with Crippen molar-refractivity contribution in [3.63, 3.8) is 0 Å². The second kappa shape index (κ2) is 5.74. The predicted molar refractivity (Wildman–Crippen MR) is 70.7 cm³/mol. The van der Waals surface area contributed by atoms with Crippen molar-refractivity contribution in [3.8, 4) is 0 Å². The Morgan fingerprint density at radius 1 is 1.32 bits per heavy atom. The topological polar surface area (TPSA) is 58.4 Å². The number of aromatic nitrogens is 1. The highest BCUT2D eigenvalue weighted by Gasteiger charge is 2.27. The second-order valence-electron chi connectivity index (χ2n) is 5.78. The summed E-state index contributed by atoms with van der Waals surface area (Å²) in [6.07, 6.45) is 6.64. The van der Waals surface area contributed by atoms with Crippen LogP contribution in [0.25, 0.3) is 0 Å². The van der Waals surface area contributed by atoms with E-state index in [0.29, 0.717) is 11.6 Å². The van der Waals surface area contributed by atoms with E-state index in [4.69, 9.17) is 0 Å². The highest BCUT2D eigenvalue weighted by atomic mass is 16.5. The fourth-order valence-electron chi connectivity index (χ4n) is 2.70. The molecule has 2 aliphatic rings. The van der Waals surface area contributed by atoms with E-state index < -0.39 is 0 Å². The first-order valence-corrected chi connectivity index (χ1v) is 7.22. The first kappa shape index (κ1) is 12.7. The quantitative estimate of drug-likeness (QED) is 0.875. The zero-order valence-corrected chi connectivity index (χ0v) is 11.2. The summed E-state index contributed by atoms with van der Waals surface area (Å²) in [5.74, 6) is 1.45. The number of piperidine rings is 1. The zero-order valence-electron chi connectivity index (χ0n) is 11.2. The summed E-state index contributed by atoms with van der Waals surface area (Å²) >= 11 is 0. The van der Waals surface area contributed by atoms with Gasteiger partial charge < -0.3 is 14.7 Å². The molecule has 1 N–H and O–H groups in total. The molecular weight excluding hydrogens is 242 g/mol. The molecule has 0 spiro atoms. The number of amides is 1. The monoisotopic (exact) mass is 263 g/mol. The van der Waals surface area contributed by atoms with Gasteiger partial charge >= 0.3 is 0 Å². The second-order valence-corrected chi connectivity index (χ2v) is 5.78. The van der Waals surface area contributed by atoms with E-state index in [9.17, 15) is 4.79 Å². The largest absolute Gasteiger partial charge is 0.364 e. The Morgan fingerprint density at radius 2 is 2.11 bits per heavy atom. The fourth-order valence-corrected chi connectivity index (χ4v) is 2.70. The van der Waals surface area contributed by atoms with Crippen LogP contribution >= 0.6 is 0 Å². The number of hydrogen-bond acceptors (Lipinski definition) is 4. The van der Waals surface area contributed by atoms with Crippen LogP contribution < -0.4 is 5.32 Å². The number of carbonyl (C=O) groups is 1. The summed E-state index contributed by atoms with van der Waals surface area (Å²) in [4.78, 5) is 14.3. The van der Waals surface area contributed by atoms with E-state index in [1.54, 1.807) is 6.07 Å². The summed E-state index contributed by atoms with van der Waals surface area (Å²) in [5.41, 5.74) is 0.367. The Labute approximate surface area is 113 Å². The Morgan fingerprint density at radius 3 is 2.74 bits per heavy atom. The van der Waals surface area contributed by atoms with Crippen LogP contribution in [0.4, 0.5) is 0 Å². The molecule has 1 saturated carbocycles. The van der Waals surface area contributed by atoms with Gasteiger partial charge in [0.15, 0.2) is 5.69 Å². The lowest BCUT2D eigenvalue weighted by atomic mass is 9.96. The molecule has 0 radical (unpaired) electrons. The van der Waals surface area contributed by atoms with E-state index >= 15 is 0 Å². The van der Waals surface area contributed by atoms with Crippen molar-refractivity contribution >= 4 is 5.91 Å². The summed E-state index contributed by atoms with van der Waals surface area (Å²) in [5, 5.41) is 6.58. The van der Waals surface area contributed by atoms with E-state index in [1.165, 1.54) is 51.6 Å². The van der Waals surface area contributed by atoms with Crippen LogP contribution in [0, 0.1) is 11.8 Å². The van der Waals surface area contributed by atoms with Gasteiger partial charge in [0.25, 0.3) is 5.91 Å². The molecule has 0 atom stereocenters. The first-order chi connectivity index (χ1) is 9.31. The SMILES string of the molecule is O=C(NCC1CCN(CC2CC2)CC1)c1ccon1. The van der Waals surface area contributed by atoms with Gasteiger partial charge in [0, 0.05) is 19.2 Å². The molecule has 1 amide bonds. The van der Waals surface area contributed by atoms with Crippen LogP contribution in [-0.2, 0) is 0 Å². The molecule has 1 saturated heterocycles. The summed E-state index contributed by atoms with van der Waals surface area (Å²) in [6, 6.07) is 1.59. The van der Waals surface area contributed by atoms with E-state index in [-0.39, 0.29) is 5.91 Å². The van der Waals surface area contributed by atoms with Crippen molar-refractivity contribution in [2.45, 2.75) is 25.7 Å². The summed E-state index contributed by atoms with van der Waals surface area (Å²) < 4.78 is 4.67. The number of hydrogen-bond donors (Lipinski definition) is 1. The highest BCUT2D eigenvalue weighted by molar-refractivity contribution is 5.91. The molecule has 0 aromatic carbocycles. The Kier molecular flexibility index (Phi) is 3.82. The van der Waals surface area contributed by atoms with Gasteiger partial charge in [-0.05, 0) is 50.6 Å². The molecule has 1 aliphatic heterocycles. The van der Waals surface area contributed by atoms with Crippen molar-refractivity contribution in [2.75, 3.05) is 26.2 Å². The molecule has 1 aliphatic carbocycles. The molecule has 3 rings (SSSR count). The van der Waals surface area contributed by atoms with Crippen LogP contribution in [0.1, 0.15) is 36.2 Å². The Bertz CT molecular complexity index is 406. The Hall–Kier alpha value is -1.36. The average molecular weight is 263 g/mol. The first-order valence-electron chi connectivity index (χ1n) is 7.22. The highest BCUT2D eigenvalue weighted by Crippen LogP contribution is 2.31. The lowest BCUT2D eigenvalue weighted by Crippen LogP contribution is -2.39. The summed E-state index contributed by atoms with van der Waals surface area (Å²) in [7, 11) is 0. The molecule has 0 bridgehead atoms. The smallest absolute Gasteiger partial charge is 0.273 e. The van der Waals surface area contributed by atoms with Crippen LogP contribution in [0.3, 0.4) is 0 Å². The van der Waals surface area contributed by atoms with Crippen LogP contribution in [0.15, 0.2) is 16.9 Å². The number of nitrogens with zero attached hydrogens (tertiary/aromatic N) is 2. The number of likely N-dealkylation sites (tertiary alicyclic amines) is 1. The molecule has 0 unspecified atom stereocenters. The third kappa shape index (κ3) is 3.56. The molecule has 2 fully saturated rings. The number of rotatable bonds is 5. The lowest BCUT2D eigenvalue weighted by Gasteiger charge is -2.31. The van der Waals surface area contributed by atoms with Crippen molar-refractivity contribution in [3.05, 3.63) is 18.0 Å². The molecule has 2 heterocycles. The summed E-state index contributed by atoms with van der Waals surface area (Å²) in [6.45, 7) is 4.41. The molecule has 19 heavy (non-hydrogen) atoms. The van der Waals surface area contributed by atoms with Crippen molar-refractivity contribution in [1.29, 1.82) is 0 Å². The van der Waals surface area contributed by atoms with Gasteiger partial charge in [-0.15, -0.1) is 0 Å². The van der Waals surface area contributed by atoms with Crippen molar-refractivity contribution < 1.29 is 9.32 Å². The molecular formula is C14H21N3O2. The molecule has 104 valence electrons. The normalized spacial score (nSPS) is 21.5. The number of carbonyl (C=O) groups excluding carboxylic acids is 1. The van der Waals surface area contributed by atoms with Gasteiger partial charge in [0.2, 0.25) is 0 Å². The third-order valence-corrected chi connectivity index (χ3v) is 4.14. The van der Waals surface area contributed by atoms with Gasteiger partial charge in [-0.1, -0.05) is 5.16 Å². The third-order valence-electron chi connectivity index (χ3n) is 4.14. The van der Waals surface area contributed by atoms with E-state index in [2.05, 4.69) is 19.9 Å². The van der Waals surface area contributed by atoms with Gasteiger partial charge in [-0.2, -0.15) is 0 Å². The fraction of sp³-hybridized carbons (Fsp3) is 0.714. The minimum atomic E-state index is -0.130. The zero-order chi connectivity index (χ0) is 13.1. The molecule has 5 heteroatoms. The predicted octanol–water partition coefficient (Wildman–Crippen LogP) is 1.53. The van der Waals surface area contributed by atoms with Gasteiger partial charge in [0.1, 0.15) is 6.26 Å². The molecule has 5 nitrogen and oxygen atoms in total. The van der Waals surface area contributed by atoms with Crippen LogP contribution in [-0.4, -0.2) is 42.1 Å². The van der Waals surface area contributed by atoms with E-state index in [1.807, 2.05) is 0 Å². The minimum Gasteiger partial charge on any atom is -0.364 e. The van der Waals surface area contributed by atoms with Crippen LogP contribution in [0.2, 0.25) is 0 Å². The van der Waals surface area contributed by atoms with Crippen molar-refractivity contribution in [1.82, 2.24) is 15.4 Å². The lowest BCUT2D eigenvalue weighted by molar-refractivity contribution is 0.0926. The van der Waals surface area contributed by atoms with Crippen LogP contribution in [0.5, 0.6) is 0 Å². The van der Waals surface area contributed by atoms with E-state index in [0.717, 1.165) is 12.5 Å². The molecule has 1 aromatic heterocycles. The standard InChI is InChI=1S/C14H21N3O2/c18-14(13-5-8-19-16-13)15-9-11-3-6-17(7-4-11)10-12-1-2-12/h5,8,11-12H,1-4,6-7,9-10H2,(H,15,18). The maximum absolute atomic E-state index is 11.7. The van der Waals surface area contributed by atoms with Gasteiger partial charge in [-0.25, -0.2) is 0 Å². The molecule has 1 aromatic rings. The van der Waals surface area contributed by atoms with Crippen molar-refractivity contribution in [2.24, 2.45) is 11.8 Å².